The molecule has 0 aliphatic heterocycles. The van der Waals surface area contributed by atoms with Crippen LogP contribution in [0.3, 0.4) is 0 Å². The van der Waals surface area contributed by atoms with Gasteiger partial charge in [0.05, 0.1) is 0 Å². The normalized spacial score (nSPS) is 13.4. The van der Waals surface area contributed by atoms with Crippen LogP contribution in [0, 0.1) is 6.92 Å². The van der Waals surface area contributed by atoms with E-state index in [0.29, 0.717) is 11.3 Å². The van der Waals surface area contributed by atoms with Crippen LogP contribution in [0.25, 0.3) is 0 Å². The lowest BCUT2D eigenvalue weighted by atomic mass is 10.0. The van der Waals surface area contributed by atoms with Crippen molar-refractivity contribution >= 4 is 21.7 Å². The van der Waals surface area contributed by atoms with Gasteiger partial charge in [0.25, 0.3) is 0 Å². The first-order valence-corrected chi connectivity index (χ1v) is 7.23. The maximum absolute atomic E-state index is 12.4. The molecule has 1 heterocycles. The number of benzene rings is 1. The fourth-order valence-electron chi connectivity index (χ4n) is 2.46. The lowest BCUT2D eigenvalue weighted by Crippen LogP contribution is -2.05. The molecule has 0 N–H and O–H groups in total. The number of fused-ring (bicyclic) bond motifs is 1. The smallest absolute Gasteiger partial charge is 0.211 e. The highest BCUT2D eigenvalue weighted by molar-refractivity contribution is 9.10. The number of rotatable bonds is 2. The first-order chi connectivity index (χ1) is 9.15. The second-order valence-electron chi connectivity index (χ2n) is 4.98. The number of pyridine rings is 1. The lowest BCUT2D eigenvalue weighted by Gasteiger charge is -2.05. The van der Waals surface area contributed by atoms with Gasteiger partial charge in [-0.05, 0) is 55.0 Å². The van der Waals surface area contributed by atoms with Crippen molar-refractivity contribution in [1.29, 1.82) is 0 Å². The number of hydrogen-bond acceptors (Lipinski definition) is 2. The molecule has 0 unspecified atom stereocenters. The molecule has 0 bridgehead atoms. The second kappa shape index (κ2) is 4.89. The van der Waals surface area contributed by atoms with Crippen LogP contribution in [0.1, 0.15) is 39.2 Å². The Bertz CT molecular complexity index is 664. The average Bonchev–Trinajstić information content (AvgIpc) is 2.88. The Labute approximate surface area is 121 Å². The fourth-order valence-corrected chi connectivity index (χ4v) is 2.84. The molecular weight excluding hydrogens is 302 g/mol. The highest BCUT2D eigenvalue weighted by Gasteiger charge is 2.16. The summed E-state index contributed by atoms with van der Waals surface area (Å²) < 4.78 is 0.958. The SMILES string of the molecule is Cc1ccc(C(=O)c2cc3c(cn2)CCC3)cc1Br. The maximum atomic E-state index is 12.4. The minimum atomic E-state index is -0.00426. The van der Waals surface area contributed by atoms with E-state index in [-0.39, 0.29) is 5.78 Å². The third-order valence-electron chi connectivity index (χ3n) is 3.64. The van der Waals surface area contributed by atoms with E-state index in [1.165, 1.54) is 17.5 Å². The summed E-state index contributed by atoms with van der Waals surface area (Å²) in [4.78, 5) is 16.7. The number of halogens is 1. The van der Waals surface area contributed by atoms with E-state index in [0.717, 1.165) is 22.9 Å². The predicted octanol–water partition coefficient (Wildman–Crippen LogP) is 3.87. The molecule has 3 rings (SSSR count). The standard InChI is InChI=1S/C16H14BrNO/c1-10-5-6-12(7-14(10)17)16(19)15-8-11-3-2-4-13(11)9-18-15/h5-9H,2-4H2,1H3. The number of hydrogen-bond donors (Lipinski definition) is 0. The molecule has 2 aromatic rings. The molecule has 0 saturated carbocycles. The van der Waals surface area contributed by atoms with Crippen molar-refractivity contribution in [2.75, 3.05) is 0 Å². The number of nitrogens with zero attached hydrogens (tertiary/aromatic N) is 1. The van der Waals surface area contributed by atoms with Crippen molar-refractivity contribution in [3.8, 4) is 0 Å². The van der Waals surface area contributed by atoms with Gasteiger partial charge in [-0.2, -0.15) is 0 Å². The van der Waals surface area contributed by atoms with Gasteiger partial charge in [-0.1, -0.05) is 28.1 Å². The van der Waals surface area contributed by atoms with E-state index < -0.39 is 0 Å². The van der Waals surface area contributed by atoms with E-state index in [1.54, 1.807) is 0 Å². The number of carbonyl (C=O) groups excluding carboxylic acids is 1. The highest BCUT2D eigenvalue weighted by Crippen LogP contribution is 2.23. The topological polar surface area (TPSA) is 30.0 Å². The Hall–Kier alpha value is -1.48. The van der Waals surface area contributed by atoms with Crippen molar-refractivity contribution < 1.29 is 4.79 Å². The molecule has 0 amide bonds. The first kappa shape index (κ1) is 12.5. The summed E-state index contributed by atoms with van der Waals surface area (Å²) in [6.07, 6.45) is 5.19. The largest absolute Gasteiger partial charge is 0.287 e. The molecule has 0 atom stereocenters. The predicted molar refractivity (Wildman–Crippen MR) is 78.6 cm³/mol. The van der Waals surface area contributed by atoms with Gasteiger partial charge in [0.15, 0.2) is 0 Å². The quantitative estimate of drug-likeness (QED) is 0.787. The van der Waals surface area contributed by atoms with Gasteiger partial charge in [0, 0.05) is 16.2 Å². The molecule has 1 aromatic carbocycles. The van der Waals surface area contributed by atoms with Gasteiger partial charge in [-0.15, -0.1) is 0 Å². The summed E-state index contributed by atoms with van der Waals surface area (Å²) >= 11 is 3.46. The van der Waals surface area contributed by atoms with Gasteiger partial charge >= 0.3 is 0 Å². The third kappa shape index (κ3) is 2.35. The second-order valence-corrected chi connectivity index (χ2v) is 5.84. The van der Waals surface area contributed by atoms with E-state index in [2.05, 4.69) is 20.9 Å². The fraction of sp³-hybridized carbons (Fsp3) is 0.250. The molecule has 0 fully saturated rings. The molecule has 96 valence electrons. The molecule has 0 saturated heterocycles. The molecule has 1 aliphatic carbocycles. The number of aryl methyl sites for hydroxylation is 3. The van der Waals surface area contributed by atoms with Crippen LogP contribution in [0.2, 0.25) is 0 Å². The van der Waals surface area contributed by atoms with E-state index in [1.807, 2.05) is 37.4 Å². The number of aromatic nitrogens is 1. The maximum Gasteiger partial charge on any atom is 0.211 e. The molecule has 1 aliphatic rings. The summed E-state index contributed by atoms with van der Waals surface area (Å²) in [6, 6.07) is 7.63. The Morgan fingerprint density at radius 3 is 2.79 bits per heavy atom. The Morgan fingerprint density at radius 1 is 1.21 bits per heavy atom. The van der Waals surface area contributed by atoms with Gasteiger partial charge in [-0.25, -0.2) is 0 Å². The van der Waals surface area contributed by atoms with Gasteiger partial charge in [0.1, 0.15) is 5.69 Å². The average molecular weight is 316 g/mol. The van der Waals surface area contributed by atoms with Crippen LogP contribution in [0.15, 0.2) is 34.9 Å². The van der Waals surface area contributed by atoms with Crippen LogP contribution in [0.4, 0.5) is 0 Å². The van der Waals surface area contributed by atoms with Gasteiger partial charge in [0.2, 0.25) is 5.78 Å². The van der Waals surface area contributed by atoms with Crippen molar-refractivity contribution in [2.24, 2.45) is 0 Å². The summed E-state index contributed by atoms with van der Waals surface area (Å²) in [5, 5.41) is 0. The molecule has 3 heteroatoms. The van der Waals surface area contributed by atoms with Crippen LogP contribution >= 0.6 is 15.9 Å². The summed E-state index contributed by atoms with van der Waals surface area (Å²) in [5.74, 6) is -0.00426. The molecule has 19 heavy (non-hydrogen) atoms. The van der Waals surface area contributed by atoms with Gasteiger partial charge < -0.3 is 0 Å². The summed E-state index contributed by atoms with van der Waals surface area (Å²) in [5.41, 5.74) is 4.93. The van der Waals surface area contributed by atoms with E-state index >= 15 is 0 Å². The highest BCUT2D eigenvalue weighted by atomic mass is 79.9. The Morgan fingerprint density at radius 2 is 2.00 bits per heavy atom. The Balaban J connectivity index is 1.97. The molecule has 2 nitrogen and oxygen atoms in total. The summed E-state index contributed by atoms with van der Waals surface area (Å²) in [6.45, 7) is 2.01. The molecule has 0 spiro atoms. The molecule has 1 aromatic heterocycles. The van der Waals surface area contributed by atoms with E-state index in [9.17, 15) is 4.79 Å². The summed E-state index contributed by atoms with van der Waals surface area (Å²) in [7, 11) is 0. The van der Waals surface area contributed by atoms with E-state index in [4.69, 9.17) is 0 Å². The number of ketones is 1. The minimum Gasteiger partial charge on any atom is -0.287 e. The monoisotopic (exact) mass is 315 g/mol. The van der Waals surface area contributed by atoms with Gasteiger partial charge in [-0.3, -0.25) is 9.78 Å². The number of carbonyl (C=O) groups is 1. The van der Waals surface area contributed by atoms with Crippen molar-refractivity contribution in [3.05, 3.63) is 62.9 Å². The van der Waals surface area contributed by atoms with Crippen LogP contribution in [0.5, 0.6) is 0 Å². The van der Waals surface area contributed by atoms with Crippen molar-refractivity contribution in [1.82, 2.24) is 4.98 Å². The lowest BCUT2D eigenvalue weighted by molar-refractivity contribution is 0.103. The molecule has 0 radical (unpaired) electrons. The van der Waals surface area contributed by atoms with Crippen LogP contribution in [-0.2, 0) is 12.8 Å². The Kier molecular flexibility index (Phi) is 3.23. The zero-order valence-electron chi connectivity index (χ0n) is 10.7. The van der Waals surface area contributed by atoms with Crippen molar-refractivity contribution in [3.63, 3.8) is 0 Å². The zero-order valence-corrected chi connectivity index (χ0v) is 12.3. The first-order valence-electron chi connectivity index (χ1n) is 6.44. The minimum absolute atomic E-state index is 0.00426. The third-order valence-corrected chi connectivity index (χ3v) is 4.50. The van der Waals surface area contributed by atoms with Crippen LogP contribution in [-0.4, -0.2) is 10.8 Å². The zero-order chi connectivity index (χ0) is 13.4. The molecular formula is C16H14BrNO. The van der Waals surface area contributed by atoms with Crippen LogP contribution < -0.4 is 0 Å². The van der Waals surface area contributed by atoms with Crippen molar-refractivity contribution in [2.45, 2.75) is 26.2 Å².